The van der Waals surface area contributed by atoms with Gasteiger partial charge in [0.25, 0.3) is 0 Å². The Hall–Kier alpha value is -1.11. The number of hydrogen-bond acceptors (Lipinski definition) is 4. The third-order valence-electron chi connectivity index (χ3n) is 2.25. The van der Waals surface area contributed by atoms with E-state index in [4.69, 9.17) is 9.84 Å². The first kappa shape index (κ1) is 14.9. The number of sulfonamides is 1. The first-order valence-electron chi connectivity index (χ1n) is 5.68. The van der Waals surface area contributed by atoms with E-state index in [0.29, 0.717) is 12.4 Å². The standard InChI is InChI=1S/C12H19NO4S/c1-4-17-10-5-7-11(8-6-10)18(15,16)13-12(2,3)9-14/h5-8,13-14H,4,9H2,1-3H3. The number of aliphatic hydroxyl groups excluding tert-OH is 1. The van der Waals surface area contributed by atoms with E-state index in [-0.39, 0.29) is 11.5 Å². The Kier molecular flexibility index (Phi) is 4.72. The van der Waals surface area contributed by atoms with Gasteiger partial charge in [0.15, 0.2) is 0 Å². The topological polar surface area (TPSA) is 75.6 Å². The van der Waals surface area contributed by atoms with Crippen LogP contribution in [0, 0.1) is 0 Å². The Morgan fingerprint density at radius 3 is 2.28 bits per heavy atom. The van der Waals surface area contributed by atoms with Crippen molar-refractivity contribution in [2.45, 2.75) is 31.2 Å². The minimum absolute atomic E-state index is 0.146. The molecule has 0 saturated carbocycles. The van der Waals surface area contributed by atoms with Crippen LogP contribution in [-0.2, 0) is 10.0 Å². The Bertz CT molecular complexity index is 479. The lowest BCUT2D eigenvalue weighted by molar-refractivity contribution is 0.208. The maximum Gasteiger partial charge on any atom is 0.241 e. The molecule has 0 heterocycles. The van der Waals surface area contributed by atoms with Crippen LogP contribution >= 0.6 is 0 Å². The number of hydrogen-bond donors (Lipinski definition) is 2. The van der Waals surface area contributed by atoms with Gasteiger partial charge in [-0.25, -0.2) is 13.1 Å². The van der Waals surface area contributed by atoms with E-state index in [9.17, 15) is 8.42 Å². The van der Waals surface area contributed by atoms with Gasteiger partial charge in [0.1, 0.15) is 5.75 Å². The summed E-state index contributed by atoms with van der Waals surface area (Å²) in [5, 5.41) is 9.07. The molecular formula is C12H19NO4S. The largest absolute Gasteiger partial charge is 0.494 e. The van der Waals surface area contributed by atoms with Gasteiger partial charge in [-0.05, 0) is 45.0 Å². The van der Waals surface area contributed by atoms with Gasteiger partial charge in [0.05, 0.1) is 23.6 Å². The first-order chi connectivity index (χ1) is 8.30. The van der Waals surface area contributed by atoms with Crippen molar-refractivity contribution < 1.29 is 18.3 Å². The van der Waals surface area contributed by atoms with Gasteiger partial charge >= 0.3 is 0 Å². The van der Waals surface area contributed by atoms with Gasteiger partial charge in [-0.1, -0.05) is 0 Å². The molecule has 1 aromatic carbocycles. The van der Waals surface area contributed by atoms with Crippen LogP contribution in [0.4, 0.5) is 0 Å². The molecule has 0 aromatic heterocycles. The number of ether oxygens (including phenoxy) is 1. The highest BCUT2D eigenvalue weighted by molar-refractivity contribution is 7.89. The minimum Gasteiger partial charge on any atom is -0.494 e. The van der Waals surface area contributed by atoms with E-state index in [2.05, 4.69) is 4.72 Å². The fraction of sp³-hybridized carbons (Fsp3) is 0.500. The lowest BCUT2D eigenvalue weighted by Gasteiger charge is -2.23. The Morgan fingerprint density at radius 1 is 1.28 bits per heavy atom. The monoisotopic (exact) mass is 273 g/mol. The number of nitrogens with one attached hydrogen (secondary N) is 1. The average molecular weight is 273 g/mol. The first-order valence-corrected chi connectivity index (χ1v) is 7.17. The van der Waals surface area contributed by atoms with Crippen LogP contribution in [0.2, 0.25) is 0 Å². The number of benzene rings is 1. The number of rotatable bonds is 6. The van der Waals surface area contributed by atoms with Gasteiger partial charge in [-0.3, -0.25) is 0 Å². The maximum atomic E-state index is 12.0. The summed E-state index contributed by atoms with van der Waals surface area (Å²) in [7, 11) is -3.63. The van der Waals surface area contributed by atoms with Gasteiger partial charge in [0, 0.05) is 0 Å². The molecular weight excluding hydrogens is 254 g/mol. The molecule has 0 unspecified atom stereocenters. The zero-order valence-corrected chi connectivity index (χ0v) is 11.6. The molecule has 102 valence electrons. The van der Waals surface area contributed by atoms with Crippen LogP contribution < -0.4 is 9.46 Å². The second-order valence-corrected chi connectivity index (χ2v) is 6.23. The van der Waals surface area contributed by atoms with Crippen molar-refractivity contribution in [2.75, 3.05) is 13.2 Å². The van der Waals surface area contributed by atoms with Crippen molar-refractivity contribution in [3.8, 4) is 5.75 Å². The van der Waals surface area contributed by atoms with E-state index in [1.54, 1.807) is 26.0 Å². The highest BCUT2D eigenvalue weighted by Crippen LogP contribution is 2.17. The van der Waals surface area contributed by atoms with Crippen LogP contribution in [0.5, 0.6) is 5.75 Å². The van der Waals surface area contributed by atoms with Gasteiger partial charge in [0.2, 0.25) is 10.0 Å². The van der Waals surface area contributed by atoms with Crippen molar-refractivity contribution in [1.29, 1.82) is 0 Å². The van der Waals surface area contributed by atoms with Gasteiger partial charge < -0.3 is 9.84 Å². The summed E-state index contributed by atoms with van der Waals surface area (Å²) in [6.45, 7) is 5.33. The predicted octanol–water partition coefficient (Wildman–Crippen LogP) is 1.13. The summed E-state index contributed by atoms with van der Waals surface area (Å²) < 4.78 is 31.7. The maximum absolute atomic E-state index is 12.0. The van der Waals surface area contributed by atoms with Crippen LogP contribution in [0.1, 0.15) is 20.8 Å². The fourth-order valence-corrected chi connectivity index (χ4v) is 2.74. The van der Waals surface area contributed by atoms with Crippen molar-refractivity contribution in [2.24, 2.45) is 0 Å². The Morgan fingerprint density at radius 2 is 1.83 bits per heavy atom. The highest BCUT2D eigenvalue weighted by Gasteiger charge is 2.25. The molecule has 5 nitrogen and oxygen atoms in total. The molecule has 18 heavy (non-hydrogen) atoms. The van der Waals surface area contributed by atoms with Crippen LogP contribution in [0.25, 0.3) is 0 Å². The molecule has 6 heteroatoms. The molecule has 0 aliphatic carbocycles. The van der Waals surface area contributed by atoms with Gasteiger partial charge in [-0.2, -0.15) is 0 Å². The summed E-state index contributed by atoms with van der Waals surface area (Å²) in [6, 6.07) is 6.15. The minimum atomic E-state index is -3.63. The van der Waals surface area contributed by atoms with Gasteiger partial charge in [-0.15, -0.1) is 0 Å². The second-order valence-electron chi connectivity index (χ2n) is 4.55. The Labute approximate surface area is 108 Å². The summed E-state index contributed by atoms with van der Waals surface area (Å²) in [6.07, 6.45) is 0. The lowest BCUT2D eigenvalue weighted by atomic mass is 10.1. The molecule has 0 atom stereocenters. The second kappa shape index (κ2) is 5.69. The molecule has 0 saturated heterocycles. The summed E-state index contributed by atoms with van der Waals surface area (Å²) in [5.74, 6) is 0.623. The predicted molar refractivity (Wildman–Crippen MR) is 69.1 cm³/mol. The smallest absolute Gasteiger partial charge is 0.241 e. The SMILES string of the molecule is CCOc1ccc(S(=O)(=O)NC(C)(C)CO)cc1. The summed E-state index contributed by atoms with van der Waals surface area (Å²) >= 11 is 0. The van der Waals surface area contributed by atoms with Crippen LogP contribution in [0.3, 0.4) is 0 Å². The van der Waals surface area contributed by atoms with E-state index in [1.165, 1.54) is 12.1 Å². The van der Waals surface area contributed by atoms with E-state index in [1.807, 2.05) is 6.92 Å². The molecule has 0 fully saturated rings. The summed E-state index contributed by atoms with van der Waals surface area (Å²) in [4.78, 5) is 0.146. The Balaban J connectivity index is 2.92. The molecule has 0 aliphatic heterocycles. The molecule has 0 aliphatic rings. The third kappa shape index (κ3) is 3.97. The molecule has 0 radical (unpaired) electrons. The molecule has 0 bridgehead atoms. The molecule has 2 N–H and O–H groups in total. The zero-order chi connectivity index (χ0) is 13.8. The van der Waals surface area contributed by atoms with E-state index < -0.39 is 15.6 Å². The molecule has 1 aromatic rings. The zero-order valence-electron chi connectivity index (χ0n) is 10.8. The molecule has 0 spiro atoms. The van der Waals surface area contributed by atoms with Crippen LogP contribution in [-0.4, -0.2) is 32.3 Å². The van der Waals surface area contributed by atoms with E-state index in [0.717, 1.165) is 0 Å². The summed E-state index contributed by atoms with van der Waals surface area (Å²) in [5.41, 5.74) is -0.891. The molecule has 1 rings (SSSR count). The average Bonchev–Trinajstić information content (AvgIpc) is 2.29. The number of aliphatic hydroxyl groups is 1. The normalized spacial score (nSPS) is 12.4. The van der Waals surface area contributed by atoms with Crippen molar-refractivity contribution in [1.82, 2.24) is 4.72 Å². The quantitative estimate of drug-likeness (QED) is 0.815. The van der Waals surface area contributed by atoms with Crippen LogP contribution in [0.15, 0.2) is 29.2 Å². The third-order valence-corrected chi connectivity index (χ3v) is 3.97. The van der Waals surface area contributed by atoms with E-state index >= 15 is 0 Å². The highest BCUT2D eigenvalue weighted by atomic mass is 32.2. The van der Waals surface area contributed by atoms with Crippen molar-refractivity contribution >= 4 is 10.0 Å². The van der Waals surface area contributed by atoms with Crippen molar-refractivity contribution in [3.05, 3.63) is 24.3 Å². The lowest BCUT2D eigenvalue weighted by Crippen LogP contribution is -2.46. The fourth-order valence-electron chi connectivity index (χ4n) is 1.34. The molecule has 0 amide bonds. The van der Waals surface area contributed by atoms with Crippen molar-refractivity contribution in [3.63, 3.8) is 0 Å².